The lowest BCUT2D eigenvalue weighted by Gasteiger charge is -2.13. The van der Waals surface area contributed by atoms with Crippen molar-refractivity contribution in [2.75, 3.05) is 32.1 Å². The molecule has 2 rings (SSSR count). The second-order valence-corrected chi connectivity index (χ2v) is 7.59. The number of amides is 1. The van der Waals surface area contributed by atoms with Crippen molar-refractivity contribution < 1.29 is 22.7 Å². The molecule has 0 saturated heterocycles. The van der Waals surface area contributed by atoms with Gasteiger partial charge in [0.2, 0.25) is 0 Å². The molecular weight excluding hydrogens is 368 g/mol. The number of aryl methyl sites for hydroxylation is 1. The van der Waals surface area contributed by atoms with Gasteiger partial charge in [-0.3, -0.25) is 9.52 Å². The van der Waals surface area contributed by atoms with Gasteiger partial charge in [-0.2, -0.15) is 0 Å². The van der Waals surface area contributed by atoms with Gasteiger partial charge in [0.1, 0.15) is 10.6 Å². The largest absolute Gasteiger partial charge is 0.495 e. The smallest absolute Gasteiger partial charge is 0.265 e. The minimum absolute atomic E-state index is 0.102. The molecule has 27 heavy (non-hydrogen) atoms. The Morgan fingerprint density at radius 1 is 1.07 bits per heavy atom. The minimum atomic E-state index is -3.93. The van der Waals surface area contributed by atoms with E-state index in [0.29, 0.717) is 25.3 Å². The molecule has 1 amide bonds. The molecule has 0 aliphatic rings. The van der Waals surface area contributed by atoms with Crippen LogP contribution in [0.25, 0.3) is 0 Å². The molecule has 7 nitrogen and oxygen atoms in total. The Labute approximate surface area is 159 Å². The lowest BCUT2D eigenvalue weighted by atomic mass is 10.2. The monoisotopic (exact) mass is 392 g/mol. The van der Waals surface area contributed by atoms with Crippen LogP contribution in [0.3, 0.4) is 0 Å². The van der Waals surface area contributed by atoms with Crippen molar-refractivity contribution in [1.82, 2.24) is 5.32 Å². The summed E-state index contributed by atoms with van der Waals surface area (Å²) in [5.74, 6) is -0.203. The van der Waals surface area contributed by atoms with E-state index in [-0.39, 0.29) is 22.1 Å². The number of carbonyl (C=O) groups excluding carboxylic acids is 1. The lowest BCUT2D eigenvalue weighted by Crippen LogP contribution is -2.25. The first-order chi connectivity index (χ1) is 12.9. The van der Waals surface area contributed by atoms with Crippen LogP contribution in [-0.2, 0) is 14.8 Å². The van der Waals surface area contributed by atoms with Crippen LogP contribution >= 0.6 is 0 Å². The third kappa shape index (κ3) is 5.70. The molecule has 0 atom stereocenters. The quantitative estimate of drug-likeness (QED) is 0.640. The zero-order valence-corrected chi connectivity index (χ0v) is 16.4. The van der Waals surface area contributed by atoms with E-state index >= 15 is 0 Å². The average molecular weight is 392 g/mol. The first-order valence-corrected chi connectivity index (χ1v) is 9.90. The Morgan fingerprint density at radius 3 is 2.41 bits per heavy atom. The maximum Gasteiger partial charge on any atom is 0.265 e. The van der Waals surface area contributed by atoms with Gasteiger partial charge >= 0.3 is 0 Å². The van der Waals surface area contributed by atoms with Crippen LogP contribution in [-0.4, -0.2) is 41.7 Å². The zero-order chi connectivity index (χ0) is 19.9. The number of benzene rings is 2. The molecular formula is C19H24N2O5S. The predicted molar refractivity (Wildman–Crippen MR) is 104 cm³/mol. The number of methoxy groups -OCH3 is 2. The molecule has 2 aromatic rings. The molecule has 0 aliphatic heterocycles. The molecule has 0 aromatic heterocycles. The van der Waals surface area contributed by atoms with E-state index in [4.69, 9.17) is 9.47 Å². The Morgan fingerprint density at radius 2 is 1.78 bits per heavy atom. The molecule has 0 aliphatic carbocycles. The summed E-state index contributed by atoms with van der Waals surface area (Å²) in [4.78, 5) is 12.2. The number of anilines is 1. The van der Waals surface area contributed by atoms with Gasteiger partial charge in [-0.1, -0.05) is 17.7 Å². The molecule has 2 aromatic carbocycles. The van der Waals surface area contributed by atoms with E-state index in [1.165, 1.54) is 25.3 Å². The summed E-state index contributed by atoms with van der Waals surface area (Å²) in [6, 6.07) is 11.2. The van der Waals surface area contributed by atoms with E-state index in [0.717, 1.165) is 5.56 Å². The van der Waals surface area contributed by atoms with E-state index in [2.05, 4.69) is 10.0 Å². The highest BCUT2D eigenvalue weighted by molar-refractivity contribution is 7.92. The third-order valence-electron chi connectivity index (χ3n) is 3.83. The number of hydrogen-bond acceptors (Lipinski definition) is 5. The Bertz CT molecular complexity index is 879. The molecule has 0 radical (unpaired) electrons. The molecule has 2 N–H and O–H groups in total. The minimum Gasteiger partial charge on any atom is -0.495 e. The van der Waals surface area contributed by atoms with E-state index in [1.54, 1.807) is 31.4 Å². The van der Waals surface area contributed by atoms with Crippen molar-refractivity contribution in [3.05, 3.63) is 53.6 Å². The molecule has 146 valence electrons. The van der Waals surface area contributed by atoms with Crippen LogP contribution in [0.5, 0.6) is 5.75 Å². The van der Waals surface area contributed by atoms with Crippen molar-refractivity contribution >= 4 is 21.6 Å². The SMILES string of the molecule is COCCCNC(=O)c1ccc(OC)c(S(=O)(=O)Nc2ccc(C)cc2)c1. The summed E-state index contributed by atoms with van der Waals surface area (Å²) in [7, 11) is -0.963. The van der Waals surface area contributed by atoms with Gasteiger partial charge in [0.05, 0.1) is 7.11 Å². The summed E-state index contributed by atoms with van der Waals surface area (Å²) in [6.45, 7) is 2.88. The summed E-state index contributed by atoms with van der Waals surface area (Å²) in [6.07, 6.45) is 0.665. The molecule has 8 heteroatoms. The molecule has 0 unspecified atom stereocenters. The number of hydrogen-bond donors (Lipinski definition) is 2. The fraction of sp³-hybridized carbons (Fsp3) is 0.316. The van der Waals surface area contributed by atoms with E-state index < -0.39 is 10.0 Å². The molecule has 0 bridgehead atoms. The van der Waals surface area contributed by atoms with Gasteiger partial charge in [-0.15, -0.1) is 0 Å². The third-order valence-corrected chi connectivity index (χ3v) is 5.23. The number of ether oxygens (including phenoxy) is 2. The highest BCUT2D eigenvalue weighted by Gasteiger charge is 2.22. The Kier molecular flexibility index (Phi) is 7.20. The van der Waals surface area contributed by atoms with Crippen LogP contribution in [0.4, 0.5) is 5.69 Å². The lowest BCUT2D eigenvalue weighted by molar-refractivity contribution is 0.0948. The molecule has 0 heterocycles. The van der Waals surface area contributed by atoms with Crippen LogP contribution in [0, 0.1) is 6.92 Å². The second kappa shape index (κ2) is 9.38. The van der Waals surface area contributed by atoms with Crippen LogP contribution in [0.15, 0.2) is 47.4 Å². The number of sulfonamides is 1. The van der Waals surface area contributed by atoms with Gasteiger partial charge < -0.3 is 14.8 Å². The molecule has 0 spiro atoms. The van der Waals surface area contributed by atoms with Gasteiger partial charge in [-0.25, -0.2) is 8.42 Å². The van der Waals surface area contributed by atoms with Crippen molar-refractivity contribution in [3.8, 4) is 5.75 Å². The Hall–Kier alpha value is -2.58. The topological polar surface area (TPSA) is 93.7 Å². The fourth-order valence-corrected chi connectivity index (χ4v) is 3.63. The summed E-state index contributed by atoms with van der Waals surface area (Å²) < 4.78 is 38.2. The summed E-state index contributed by atoms with van der Waals surface area (Å²) >= 11 is 0. The second-order valence-electron chi connectivity index (χ2n) is 5.94. The first kappa shape index (κ1) is 20.7. The van der Waals surface area contributed by atoms with Gasteiger partial charge in [0.25, 0.3) is 15.9 Å². The normalized spacial score (nSPS) is 11.1. The predicted octanol–water partition coefficient (Wildman–Crippen LogP) is 2.57. The van der Waals surface area contributed by atoms with Crippen molar-refractivity contribution in [2.24, 2.45) is 0 Å². The van der Waals surface area contributed by atoms with Crippen molar-refractivity contribution in [3.63, 3.8) is 0 Å². The van der Waals surface area contributed by atoms with Gasteiger partial charge in [-0.05, 0) is 43.7 Å². The number of rotatable bonds is 9. The van der Waals surface area contributed by atoms with Crippen LogP contribution < -0.4 is 14.8 Å². The zero-order valence-electron chi connectivity index (χ0n) is 15.6. The standard InChI is InChI=1S/C19H24N2O5S/c1-14-5-8-16(9-6-14)21-27(23,24)18-13-15(7-10-17(18)26-3)19(22)20-11-4-12-25-2/h5-10,13,21H,4,11-12H2,1-3H3,(H,20,22). The highest BCUT2D eigenvalue weighted by atomic mass is 32.2. The highest BCUT2D eigenvalue weighted by Crippen LogP contribution is 2.27. The van der Waals surface area contributed by atoms with Gasteiger partial charge in [0.15, 0.2) is 0 Å². The van der Waals surface area contributed by atoms with Crippen molar-refractivity contribution in [2.45, 2.75) is 18.2 Å². The fourth-order valence-electron chi connectivity index (χ4n) is 2.38. The van der Waals surface area contributed by atoms with Crippen molar-refractivity contribution in [1.29, 1.82) is 0 Å². The van der Waals surface area contributed by atoms with Gasteiger partial charge in [0, 0.05) is 31.5 Å². The van der Waals surface area contributed by atoms with Crippen LogP contribution in [0.1, 0.15) is 22.3 Å². The average Bonchev–Trinajstić information content (AvgIpc) is 2.66. The molecule has 0 fully saturated rings. The maximum absolute atomic E-state index is 12.8. The van der Waals surface area contributed by atoms with E-state index in [1.807, 2.05) is 6.92 Å². The number of carbonyl (C=O) groups is 1. The summed E-state index contributed by atoms with van der Waals surface area (Å²) in [5.41, 5.74) is 1.68. The Balaban J connectivity index is 2.25. The van der Waals surface area contributed by atoms with E-state index in [9.17, 15) is 13.2 Å². The maximum atomic E-state index is 12.8. The summed E-state index contributed by atoms with van der Waals surface area (Å²) in [5, 5.41) is 2.73. The van der Waals surface area contributed by atoms with Crippen LogP contribution in [0.2, 0.25) is 0 Å². The number of nitrogens with one attached hydrogen (secondary N) is 2. The molecule has 0 saturated carbocycles. The first-order valence-electron chi connectivity index (χ1n) is 8.42.